The third kappa shape index (κ3) is 36.9. The van der Waals surface area contributed by atoms with Crippen molar-refractivity contribution in [2.75, 3.05) is 41.0 Å². The average Bonchev–Trinajstić information content (AvgIpc) is 3.14. The molecule has 0 aromatic heterocycles. The summed E-state index contributed by atoms with van der Waals surface area (Å²) in [5.41, 5.74) is 0. The van der Waals surface area contributed by atoms with E-state index in [-0.39, 0.29) is 49.1 Å². The third-order valence-electron chi connectivity index (χ3n) is 10.0. The van der Waals surface area contributed by atoms with Gasteiger partial charge in [-0.3, -0.25) is 9.59 Å². The molecule has 0 rings (SSSR count). The number of aliphatic carboxylic acids is 1. The SMILES string of the molecule is CCCCCCCC/C=C/C/C=C/CCC(=O)OCC(COCCC(C(=O)[O-])[N+](C)(C)C)OC(=O)CCCCCCC/C=C/CCCCCCCCCCC. The van der Waals surface area contributed by atoms with Crippen LogP contribution in [0.3, 0.4) is 0 Å². The molecule has 0 bridgehead atoms. The van der Waals surface area contributed by atoms with Gasteiger partial charge in [0.25, 0.3) is 0 Å². The van der Waals surface area contributed by atoms with E-state index in [4.69, 9.17) is 14.2 Å². The Morgan fingerprint density at radius 3 is 1.49 bits per heavy atom. The maximum Gasteiger partial charge on any atom is 0.306 e. The van der Waals surface area contributed by atoms with E-state index in [0.29, 0.717) is 12.8 Å². The van der Waals surface area contributed by atoms with Crippen LogP contribution in [0.5, 0.6) is 0 Å². The van der Waals surface area contributed by atoms with Crippen molar-refractivity contribution in [3.8, 4) is 0 Å². The summed E-state index contributed by atoms with van der Waals surface area (Å²) in [6, 6.07) is -0.733. The molecule has 0 spiro atoms. The fourth-order valence-electron chi connectivity index (χ4n) is 6.47. The standard InChI is InChI=1S/C47H85NO7/c1-6-8-10-12-14-16-18-20-21-22-23-24-26-28-30-32-34-36-38-46(50)55-43(41-53-40-39-44(47(51)52)48(3,4)5)42-54-45(49)37-35-33-31-29-27-25-19-17-15-13-11-9-7-2/h23-25,27,31,33,43-44H,6-22,26,28-30,32,34-42H2,1-5H3/b24-23+,27-25+,33-31+. The van der Waals surface area contributed by atoms with E-state index in [0.717, 1.165) is 44.9 Å². The quantitative estimate of drug-likeness (QED) is 0.0264. The highest BCUT2D eigenvalue weighted by Gasteiger charge is 2.25. The smallest absolute Gasteiger partial charge is 0.306 e. The van der Waals surface area contributed by atoms with E-state index in [9.17, 15) is 19.5 Å². The second kappa shape index (κ2) is 38.4. The topological polar surface area (TPSA) is 102 Å². The van der Waals surface area contributed by atoms with Gasteiger partial charge in [0.1, 0.15) is 12.6 Å². The highest BCUT2D eigenvalue weighted by Crippen LogP contribution is 2.13. The van der Waals surface area contributed by atoms with Crippen LogP contribution in [0.15, 0.2) is 36.5 Å². The summed E-state index contributed by atoms with van der Waals surface area (Å²) in [6.45, 7) is 4.59. The summed E-state index contributed by atoms with van der Waals surface area (Å²) in [6.07, 6.45) is 43.3. The number of esters is 2. The fraction of sp³-hybridized carbons (Fsp3) is 0.809. The summed E-state index contributed by atoms with van der Waals surface area (Å²) in [5, 5.41) is 11.6. The molecule has 320 valence electrons. The minimum atomic E-state index is -1.13. The molecule has 0 fully saturated rings. The van der Waals surface area contributed by atoms with Gasteiger partial charge in [0.2, 0.25) is 0 Å². The van der Waals surface area contributed by atoms with Crippen molar-refractivity contribution >= 4 is 17.9 Å². The molecule has 0 amide bonds. The summed E-state index contributed by atoms with van der Waals surface area (Å²) in [7, 11) is 5.39. The van der Waals surface area contributed by atoms with Gasteiger partial charge in [-0.05, 0) is 57.8 Å². The zero-order chi connectivity index (χ0) is 40.7. The number of carbonyl (C=O) groups excluding carboxylic acids is 3. The van der Waals surface area contributed by atoms with Gasteiger partial charge in [-0.1, -0.05) is 153 Å². The number of likely N-dealkylation sites (N-methyl/N-ethyl adjacent to an activating group) is 1. The van der Waals surface area contributed by atoms with Crippen molar-refractivity contribution in [1.82, 2.24) is 0 Å². The number of ether oxygens (including phenoxy) is 3. The zero-order valence-corrected chi connectivity index (χ0v) is 36.3. The molecule has 0 saturated heterocycles. The number of hydrogen-bond acceptors (Lipinski definition) is 7. The maximum absolute atomic E-state index is 12.7. The van der Waals surface area contributed by atoms with Gasteiger partial charge >= 0.3 is 11.9 Å². The number of carbonyl (C=O) groups is 3. The Morgan fingerprint density at radius 1 is 0.545 bits per heavy atom. The van der Waals surface area contributed by atoms with Gasteiger partial charge in [0.15, 0.2) is 6.10 Å². The first kappa shape index (κ1) is 52.6. The molecule has 0 saturated carbocycles. The Hall–Kier alpha value is -2.45. The van der Waals surface area contributed by atoms with Crippen molar-refractivity contribution in [3.63, 3.8) is 0 Å². The Morgan fingerprint density at radius 2 is 1.00 bits per heavy atom. The molecule has 0 aliphatic carbocycles. The van der Waals surface area contributed by atoms with Gasteiger partial charge in [-0.2, -0.15) is 0 Å². The van der Waals surface area contributed by atoms with Crippen molar-refractivity contribution in [2.24, 2.45) is 0 Å². The summed E-state index contributed by atoms with van der Waals surface area (Å²) in [4.78, 5) is 36.8. The molecule has 0 aromatic carbocycles. The third-order valence-corrected chi connectivity index (χ3v) is 10.0. The number of carboxylic acids is 1. The molecule has 0 aliphatic rings. The monoisotopic (exact) mass is 776 g/mol. The summed E-state index contributed by atoms with van der Waals surface area (Å²) < 4.78 is 17.1. The van der Waals surface area contributed by atoms with Crippen LogP contribution in [0.1, 0.15) is 194 Å². The first-order chi connectivity index (χ1) is 26.6. The Balaban J connectivity index is 4.39. The first-order valence-corrected chi connectivity index (χ1v) is 22.5. The molecule has 2 unspecified atom stereocenters. The molecule has 2 atom stereocenters. The Kier molecular flexibility index (Phi) is 36.7. The lowest BCUT2D eigenvalue weighted by molar-refractivity contribution is -0.889. The van der Waals surface area contributed by atoms with E-state index in [1.807, 2.05) is 6.08 Å². The van der Waals surface area contributed by atoms with Gasteiger partial charge in [-0.15, -0.1) is 0 Å². The largest absolute Gasteiger partial charge is 0.544 e. The number of unbranched alkanes of at least 4 members (excludes halogenated alkanes) is 20. The van der Waals surface area contributed by atoms with Crippen LogP contribution in [-0.2, 0) is 28.6 Å². The second-order valence-corrected chi connectivity index (χ2v) is 16.3. The molecular weight excluding hydrogens is 691 g/mol. The minimum Gasteiger partial charge on any atom is -0.544 e. The normalized spacial score (nSPS) is 13.3. The molecule has 0 radical (unpaired) electrons. The molecule has 0 heterocycles. The predicted octanol–water partition coefficient (Wildman–Crippen LogP) is 10.9. The molecule has 0 aromatic rings. The number of rotatable bonds is 40. The minimum absolute atomic E-state index is 0.0214. The van der Waals surface area contributed by atoms with Gasteiger partial charge in [0.05, 0.1) is 40.3 Å². The van der Waals surface area contributed by atoms with E-state index in [1.54, 1.807) is 21.1 Å². The Labute approximate surface area is 338 Å². The van der Waals surface area contributed by atoms with Gasteiger partial charge < -0.3 is 28.6 Å². The molecule has 8 nitrogen and oxygen atoms in total. The summed E-state index contributed by atoms with van der Waals surface area (Å²) >= 11 is 0. The number of carboxylic acid groups (broad SMARTS) is 1. The van der Waals surface area contributed by atoms with Crippen molar-refractivity contribution in [2.45, 2.75) is 206 Å². The molecule has 0 aliphatic heterocycles. The Bertz CT molecular complexity index is 1000. The van der Waals surface area contributed by atoms with Crippen molar-refractivity contribution in [1.29, 1.82) is 0 Å². The fourth-order valence-corrected chi connectivity index (χ4v) is 6.47. The number of quaternary nitrogens is 1. The highest BCUT2D eigenvalue weighted by atomic mass is 16.6. The van der Waals surface area contributed by atoms with Crippen molar-refractivity contribution in [3.05, 3.63) is 36.5 Å². The number of hydrogen-bond donors (Lipinski definition) is 0. The van der Waals surface area contributed by atoms with Crippen LogP contribution in [0.25, 0.3) is 0 Å². The number of allylic oxidation sites excluding steroid dienone is 6. The number of nitrogens with zero attached hydrogens (tertiary/aromatic N) is 1. The van der Waals surface area contributed by atoms with Crippen LogP contribution >= 0.6 is 0 Å². The van der Waals surface area contributed by atoms with E-state index in [2.05, 4.69) is 44.2 Å². The molecular formula is C47H85NO7. The lowest BCUT2D eigenvalue weighted by Crippen LogP contribution is -2.55. The molecule has 8 heteroatoms. The molecule has 0 N–H and O–H groups in total. The van der Waals surface area contributed by atoms with E-state index in [1.165, 1.54) is 109 Å². The summed E-state index contributed by atoms with van der Waals surface area (Å²) in [5.74, 6) is -1.83. The van der Waals surface area contributed by atoms with Crippen LogP contribution < -0.4 is 5.11 Å². The molecule has 55 heavy (non-hydrogen) atoms. The maximum atomic E-state index is 12.7. The van der Waals surface area contributed by atoms with Crippen molar-refractivity contribution < 1.29 is 38.2 Å². The zero-order valence-electron chi connectivity index (χ0n) is 36.3. The average molecular weight is 776 g/mol. The van der Waals surface area contributed by atoms with E-state index < -0.39 is 18.1 Å². The van der Waals surface area contributed by atoms with Gasteiger partial charge in [-0.25, -0.2) is 0 Å². The lowest BCUT2D eigenvalue weighted by Gasteiger charge is -2.34. The lowest BCUT2D eigenvalue weighted by atomic mass is 10.1. The van der Waals surface area contributed by atoms with Crippen LogP contribution in [0.4, 0.5) is 0 Å². The second-order valence-electron chi connectivity index (χ2n) is 16.3. The van der Waals surface area contributed by atoms with Crippen LogP contribution in [0, 0.1) is 0 Å². The van der Waals surface area contributed by atoms with Crippen LogP contribution in [-0.4, -0.2) is 75.5 Å². The van der Waals surface area contributed by atoms with E-state index >= 15 is 0 Å². The van der Waals surface area contributed by atoms with Gasteiger partial charge in [0, 0.05) is 19.3 Å². The predicted molar refractivity (Wildman–Crippen MR) is 227 cm³/mol. The highest BCUT2D eigenvalue weighted by molar-refractivity contribution is 5.70. The van der Waals surface area contributed by atoms with Crippen LogP contribution in [0.2, 0.25) is 0 Å². The first-order valence-electron chi connectivity index (χ1n) is 22.5.